The molecule has 3 aromatic rings. The largest absolute Gasteiger partial charge is 0.461 e. The van der Waals surface area contributed by atoms with Gasteiger partial charge in [-0.3, -0.25) is 4.79 Å². The first-order valence-electron chi connectivity index (χ1n) is 6.84. The second-order valence-corrected chi connectivity index (χ2v) is 5.75. The van der Waals surface area contributed by atoms with Crippen molar-refractivity contribution in [2.24, 2.45) is 0 Å². The van der Waals surface area contributed by atoms with E-state index in [1.54, 1.807) is 18.3 Å². The fourth-order valence-corrected chi connectivity index (χ4v) is 2.99. The quantitative estimate of drug-likeness (QED) is 0.795. The molecule has 1 N–H and O–H groups in total. The maximum absolute atomic E-state index is 12.4. The van der Waals surface area contributed by atoms with Crippen molar-refractivity contribution in [3.8, 4) is 11.3 Å². The van der Waals surface area contributed by atoms with Gasteiger partial charge in [-0.05, 0) is 39.0 Å². The summed E-state index contributed by atoms with van der Waals surface area (Å²) in [6.07, 6.45) is 0. The summed E-state index contributed by atoms with van der Waals surface area (Å²) in [5.74, 6) is 0.670. The fourth-order valence-electron chi connectivity index (χ4n) is 2.20. The topological polar surface area (TPSA) is 55.1 Å². The minimum Gasteiger partial charge on any atom is -0.461 e. The molecule has 2 aromatic heterocycles. The molecule has 0 amide bonds. The molecule has 0 saturated carbocycles. The van der Waals surface area contributed by atoms with E-state index in [2.05, 4.69) is 10.3 Å². The average Bonchev–Trinajstić information content (AvgIpc) is 2.94. The molecule has 0 aliphatic heterocycles. The number of thiazole rings is 1. The molecule has 5 heteroatoms. The van der Waals surface area contributed by atoms with E-state index in [0.29, 0.717) is 22.3 Å². The van der Waals surface area contributed by atoms with Gasteiger partial charge in [-0.2, -0.15) is 0 Å². The number of fused-ring (bicyclic) bond motifs is 1. The van der Waals surface area contributed by atoms with Crippen LogP contribution in [0.1, 0.15) is 18.2 Å². The zero-order chi connectivity index (χ0) is 15.0. The number of rotatable bonds is 3. The van der Waals surface area contributed by atoms with Crippen LogP contribution >= 0.6 is 11.3 Å². The lowest BCUT2D eigenvalue weighted by Gasteiger charge is -2.04. The molecule has 0 bridgehead atoms. The van der Waals surface area contributed by atoms with Crippen molar-refractivity contribution in [1.82, 2.24) is 4.98 Å². The van der Waals surface area contributed by atoms with E-state index in [4.69, 9.17) is 4.42 Å². The zero-order valence-electron chi connectivity index (χ0n) is 12.2. The molecule has 4 nitrogen and oxygen atoms in total. The van der Waals surface area contributed by atoms with Crippen LogP contribution in [0.3, 0.4) is 0 Å². The molecular formula is C16H16N2O2S. The Balaban J connectivity index is 2.14. The Morgan fingerprint density at radius 3 is 2.90 bits per heavy atom. The third kappa shape index (κ3) is 2.45. The summed E-state index contributed by atoms with van der Waals surface area (Å²) < 4.78 is 5.68. The van der Waals surface area contributed by atoms with Crippen molar-refractivity contribution in [2.45, 2.75) is 20.8 Å². The van der Waals surface area contributed by atoms with Crippen molar-refractivity contribution < 1.29 is 4.42 Å². The molecule has 1 aromatic carbocycles. The first-order chi connectivity index (χ1) is 10.1. The molecule has 0 saturated heterocycles. The monoisotopic (exact) mass is 300 g/mol. The molecule has 0 radical (unpaired) electrons. The Labute approximate surface area is 126 Å². The summed E-state index contributed by atoms with van der Waals surface area (Å²) in [4.78, 5) is 16.9. The Bertz CT molecular complexity index is 864. The lowest BCUT2D eigenvalue weighted by molar-refractivity contribution is 0.559. The van der Waals surface area contributed by atoms with E-state index in [9.17, 15) is 4.79 Å². The van der Waals surface area contributed by atoms with Crippen LogP contribution in [0.2, 0.25) is 0 Å². The number of nitrogens with zero attached hydrogens (tertiary/aromatic N) is 1. The third-order valence-corrected chi connectivity index (χ3v) is 4.28. The summed E-state index contributed by atoms with van der Waals surface area (Å²) in [5.41, 5.74) is 3.10. The van der Waals surface area contributed by atoms with Crippen LogP contribution in [0.25, 0.3) is 22.2 Å². The van der Waals surface area contributed by atoms with Crippen molar-refractivity contribution >= 4 is 27.4 Å². The minimum atomic E-state index is 0.0257. The Morgan fingerprint density at radius 1 is 1.33 bits per heavy atom. The van der Waals surface area contributed by atoms with Crippen molar-refractivity contribution in [3.63, 3.8) is 0 Å². The molecule has 108 valence electrons. The predicted octanol–water partition coefficient (Wildman–Crippen LogP) is 3.97. The average molecular weight is 300 g/mol. The standard InChI is InChI=1S/C16H16N2O2S/c1-4-17-16-18-13(8-21-16)11-5-6-14-12(7-11)15(19)9(2)10(3)20-14/h5-8H,4H2,1-3H3,(H,17,18). The van der Waals surface area contributed by atoms with Crippen LogP contribution in [0.4, 0.5) is 5.13 Å². The SMILES string of the molecule is CCNc1nc(-c2ccc3oc(C)c(C)c(=O)c3c2)cs1. The van der Waals surface area contributed by atoms with Gasteiger partial charge >= 0.3 is 0 Å². The lowest BCUT2D eigenvalue weighted by Crippen LogP contribution is -2.07. The summed E-state index contributed by atoms with van der Waals surface area (Å²) in [7, 11) is 0. The van der Waals surface area contributed by atoms with Gasteiger partial charge in [0.25, 0.3) is 0 Å². The molecule has 0 unspecified atom stereocenters. The lowest BCUT2D eigenvalue weighted by atomic mass is 10.1. The van der Waals surface area contributed by atoms with Gasteiger partial charge in [0, 0.05) is 23.1 Å². The molecule has 0 fully saturated rings. The second-order valence-electron chi connectivity index (χ2n) is 4.89. The first-order valence-corrected chi connectivity index (χ1v) is 7.72. The Kier molecular flexibility index (Phi) is 3.51. The molecule has 2 heterocycles. The number of aromatic nitrogens is 1. The van der Waals surface area contributed by atoms with E-state index < -0.39 is 0 Å². The number of hydrogen-bond donors (Lipinski definition) is 1. The third-order valence-electron chi connectivity index (χ3n) is 3.48. The van der Waals surface area contributed by atoms with Crippen LogP contribution in [-0.4, -0.2) is 11.5 Å². The smallest absolute Gasteiger partial charge is 0.195 e. The number of aryl methyl sites for hydroxylation is 1. The van der Waals surface area contributed by atoms with E-state index >= 15 is 0 Å². The Hall–Kier alpha value is -2.14. The van der Waals surface area contributed by atoms with Gasteiger partial charge in [-0.25, -0.2) is 4.98 Å². The van der Waals surface area contributed by atoms with Crippen LogP contribution in [0.5, 0.6) is 0 Å². The van der Waals surface area contributed by atoms with Gasteiger partial charge in [0.2, 0.25) is 0 Å². The molecule has 0 aliphatic rings. The number of hydrogen-bond acceptors (Lipinski definition) is 5. The molecule has 0 aliphatic carbocycles. The summed E-state index contributed by atoms with van der Waals surface area (Å²) in [5, 5.41) is 6.67. The molecule has 0 atom stereocenters. The van der Waals surface area contributed by atoms with Crippen molar-refractivity contribution in [1.29, 1.82) is 0 Å². The maximum atomic E-state index is 12.4. The van der Waals surface area contributed by atoms with Crippen LogP contribution in [0.15, 0.2) is 32.8 Å². The minimum absolute atomic E-state index is 0.0257. The van der Waals surface area contributed by atoms with E-state index in [1.807, 2.05) is 37.4 Å². The Morgan fingerprint density at radius 2 is 2.14 bits per heavy atom. The van der Waals surface area contributed by atoms with Crippen molar-refractivity contribution in [2.75, 3.05) is 11.9 Å². The van der Waals surface area contributed by atoms with E-state index in [1.165, 1.54) is 0 Å². The number of benzene rings is 1. The zero-order valence-corrected chi connectivity index (χ0v) is 13.0. The molecular weight excluding hydrogens is 284 g/mol. The highest BCUT2D eigenvalue weighted by Gasteiger charge is 2.10. The van der Waals surface area contributed by atoms with E-state index in [0.717, 1.165) is 22.9 Å². The van der Waals surface area contributed by atoms with Gasteiger partial charge in [0.15, 0.2) is 10.6 Å². The van der Waals surface area contributed by atoms with Crippen LogP contribution in [0, 0.1) is 13.8 Å². The van der Waals surface area contributed by atoms with Gasteiger partial charge in [0.05, 0.1) is 11.1 Å². The molecule has 21 heavy (non-hydrogen) atoms. The van der Waals surface area contributed by atoms with Crippen LogP contribution < -0.4 is 10.7 Å². The summed E-state index contributed by atoms with van der Waals surface area (Å²) in [6, 6.07) is 5.63. The maximum Gasteiger partial charge on any atom is 0.195 e. The second kappa shape index (κ2) is 5.33. The summed E-state index contributed by atoms with van der Waals surface area (Å²) >= 11 is 1.56. The van der Waals surface area contributed by atoms with Gasteiger partial charge < -0.3 is 9.73 Å². The van der Waals surface area contributed by atoms with E-state index in [-0.39, 0.29) is 5.43 Å². The number of anilines is 1. The first kappa shape index (κ1) is 13.8. The normalized spacial score (nSPS) is 11.0. The fraction of sp³-hybridized carbons (Fsp3) is 0.250. The van der Waals surface area contributed by atoms with Crippen molar-refractivity contribution in [3.05, 3.63) is 45.1 Å². The van der Waals surface area contributed by atoms with Gasteiger partial charge in [0.1, 0.15) is 11.3 Å². The summed E-state index contributed by atoms with van der Waals surface area (Å²) in [6.45, 7) is 6.48. The van der Waals surface area contributed by atoms with Crippen LogP contribution in [-0.2, 0) is 0 Å². The molecule has 3 rings (SSSR count). The highest BCUT2D eigenvalue weighted by atomic mass is 32.1. The number of nitrogens with one attached hydrogen (secondary N) is 1. The van der Waals surface area contributed by atoms with Gasteiger partial charge in [-0.1, -0.05) is 0 Å². The van der Waals surface area contributed by atoms with Gasteiger partial charge in [-0.15, -0.1) is 11.3 Å². The molecule has 0 spiro atoms. The highest BCUT2D eigenvalue weighted by molar-refractivity contribution is 7.14. The highest BCUT2D eigenvalue weighted by Crippen LogP contribution is 2.27. The predicted molar refractivity (Wildman–Crippen MR) is 87.2 cm³/mol.